The van der Waals surface area contributed by atoms with E-state index in [0.717, 1.165) is 41.6 Å². The molecule has 4 aromatic rings. The van der Waals surface area contributed by atoms with Crippen LogP contribution in [0.5, 0.6) is 0 Å². The van der Waals surface area contributed by atoms with Crippen LogP contribution < -0.4 is 10.2 Å². The number of anilines is 3. The summed E-state index contributed by atoms with van der Waals surface area (Å²) in [6.07, 6.45) is 12.0. The maximum absolute atomic E-state index is 11.6. The summed E-state index contributed by atoms with van der Waals surface area (Å²) < 4.78 is 13.7. The van der Waals surface area contributed by atoms with Crippen LogP contribution >= 0.6 is 0 Å². The van der Waals surface area contributed by atoms with Gasteiger partial charge in [-0.05, 0) is 54.0 Å². The fourth-order valence-electron chi connectivity index (χ4n) is 5.12. The number of fused-ring (bicyclic) bond motifs is 1. The minimum atomic E-state index is -0.744. The van der Waals surface area contributed by atoms with Gasteiger partial charge in [-0.1, -0.05) is 31.1 Å². The predicted octanol–water partition coefficient (Wildman–Crippen LogP) is 5.51. The van der Waals surface area contributed by atoms with E-state index in [0.29, 0.717) is 17.9 Å². The summed E-state index contributed by atoms with van der Waals surface area (Å²) in [4.78, 5) is 11.7. The molecule has 0 amide bonds. The van der Waals surface area contributed by atoms with Crippen molar-refractivity contribution in [3.05, 3.63) is 60.7 Å². The lowest BCUT2D eigenvalue weighted by molar-refractivity contribution is 0.445. The van der Waals surface area contributed by atoms with Gasteiger partial charge in [-0.3, -0.25) is 9.67 Å². The molecule has 7 nitrogen and oxygen atoms in total. The van der Waals surface area contributed by atoms with Gasteiger partial charge in [0.05, 0.1) is 24.2 Å². The summed E-state index contributed by atoms with van der Waals surface area (Å²) >= 11 is -0.744. The average molecular weight is 501 g/mol. The molecule has 0 spiro atoms. The maximum atomic E-state index is 11.6. The van der Waals surface area contributed by atoms with Crippen molar-refractivity contribution in [2.45, 2.75) is 38.6 Å². The molecule has 1 aliphatic heterocycles. The molecule has 36 heavy (non-hydrogen) atoms. The van der Waals surface area contributed by atoms with Crippen LogP contribution in [0.3, 0.4) is 0 Å². The fourth-order valence-corrected chi connectivity index (χ4v) is 6.00. The van der Waals surface area contributed by atoms with Gasteiger partial charge in [0.15, 0.2) is 0 Å². The number of aromatic nitrogens is 4. The van der Waals surface area contributed by atoms with Crippen LogP contribution in [0.4, 0.5) is 17.2 Å². The van der Waals surface area contributed by atoms with Crippen molar-refractivity contribution in [1.82, 2.24) is 19.7 Å². The molecule has 1 unspecified atom stereocenters. The van der Waals surface area contributed by atoms with Crippen molar-refractivity contribution in [2.75, 3.05) is 35.3 Å². The monoisotopic (exact) mass is 500 g/mol. The highest BCUT2D eigenvalue weighted by Crippen LogP contribution is 2.38. The summed E-state index contributed by atoms with van der Waals surface area (Å²) in [5.41, 5.74) is 5.41. The molecular weight excluding hydrogens is 468 g/mol. The van der Waals surface area contributed by atoms with Crippen LogP contribution in [0.15, 0.2) is 55.1 Å². The van der Waals surface area contributed by atoms with Crippen LogP contribution in [0.1, 0.15) is 44.2 Å². The van der Waals surface area contributed by atoms with E-state index in [4.69, 9.17) is 4.98 Å². The Bertz CT molecular complexity index is 1390. The Morgan fingerprint density at radius 3 is 2.67 bits per heavy atom. The molecule has 1 aromatic carbocycles. The maximum Gasteiger partial charge on any atom is 0.130 e. The lowest BCUT2D eigenvalue weighted by atomic mass is 9.93. The number of nitrogens with zero attached hydrogens (tertiary/aromatic N) is 5. The number of nitrogens with one attached hydrogen (secondary N) is 1. The molecule has 1 N–H and O–H groups in total. The van der Waals surface area contributed by atoms with Gasteiger partial charge >= 0.3 is 0 Å². The second-order valence-electron chi connectivity index (χ2n) is 10.4. The van der Waals surface area contributed by atoms with Crippen molar-refractivity contribution in [3.63, 3.8) is 0 Å². The normalized spacial score (nSPS) is 17.0. The van der Waals surface area contributed by atoms with Gasteiger partial charge < -0.3 is 14.8 Å². The second-order valence-corrected chi connectivity index (χ2v) is 11.9. The van der Waals surface area contributed by atoms with Crippen LogP contribution in [-0.4, -0.2) is 49.4 Å². The minimum absolute atomic E-state index is 0.402. The lowest BCUT2D eigenvalue weighted by Gasteiger charge is -2.41. The fraction of sp³-hybridized carbons (Fsp3) is 0.393. The van der Waals surface area contributed by atoms with E-state index >= 15 is 0 Å². The van der Waals surface area contributed by atoms with Crippen molar-refractivity contribution in [3.8, 4) is 11.3 Å². The van der Waals surface area contributed by atoms with Crippen LogP contribution in [0.2, 0.25) is 0 Å². The first-order valence-electron chi connectivity index (χ1n) is 12.7. The standard InChI is InChI=1S/C28H32N6OS/c1-18(2)23-6-7-27(33-14-19(15-33)17-36(3)35)25-13-30-28(11-24(23)25)32-21-8-9-29-26(10-21)20-12-31-34(16-20)22-4-5-22/h6-13,16,18-19,22H,4-5,14-15,17H2,1-3H3,(H,29,30,32). The van der Waals surface area contributed by atoms with Crippen molar-refractivity contribution in [1.29, 1.82) is 0 Å². The molecule has 1 saturated heterocycles. The zero-order valence-corrected chi connectivity index (χ0v) is 21.8. The largest absolute Gasteiger partial charge is 0.617 e. The highest BCUT2D eigenvalue weighted by molar-refractivity contribution is 7.90. The lowest BCUT2D eigenvalue weighted by Crippen LogP contribution is -2.49. The number of pyridine rings is 2. The molecule has 1 saturated carbocycles. The van der Waals surface area contributed by atoms with Gasteiger partial charge in [0.25, 0.3) is 0 Å². The molecule has 8 heteroatoms. The van der Waals surface area contributed by atoms with Gasteiger partial charge in [0.1, 0.15) is 11.6 Å². The first-order valence-corrected chi connectivity index (χ1v) is 14.4. The number of rotatable bonds is 8. The zero-order chi connectivity index (χ0) is 24.8. The Hall–Kier alpha value is -3.10. The average Bonchev–Trinajstić information content (AvgIpc) is 3.56. The van der Waals surface area contributed by atoms with E-state index in [1.54, 1.807) is 6.26 Å². The Morgan fingerprint density at radius 1 is 1.08 bits per heavy atom. The summed E-state index contributed by atoms with van der Waals surface area (Å²) in [6, 6.07) is 11.2. The number of hydrogen-bond donors (Lipinski definition) is 1. The van der Waals surface area contributed by atoms with Crippen LogP contribution in [0.25, 0.3) is 22.0 Å². The molecule has 6 rings (SSSR count). The van der Waals surface area contributed by atoms with E-state index < -0.39 is 11.2 Å². The first kappa shape index (κ1) is 23.3. The Kier molecular flexibility index (Phi) is 6.09. The third-order valence-electron chi connectivity index (χ3n) is 7.15. The first-order chi connectivity index (χ1) is 17.4. The third-order valence-corrected chi connectivity index (χ3v) is 8.09. The summed E-state index contributed by atoms with van der Waals surface area (Å²) in [6.45, 7) is 6.37. The molecule has 2 aliphatic rings. The Balaban J connectivity index is 1.27. The summed E-state index contributed by atoms with van der Waals surface area (Å²) in [5.74, 6) is 2.50. The Morgan fingerprint density at radius 2 is 1.92 bits per heavy atom. The second kappa shape index (κ2) is 9.41. The third kappa shape index (κ3) is 4.67. The van der Waals surface area contributed by atoms with E-state index in [1.807, 2.05) is 24.7 Å². The van der Waals surface area contributed by atoms with Crippen LogP contribution in [0, 0.1) is 5.92 Å². The zero-order valence-electron chi connectivity index (χ0n) is 21.0. The molecule has 3 aromatic heterocycles. The Labute approximate surface area is 215 Å². The van der Waals surface area contributed by atoms with Gasteiger partial charge in [-0.25, -0.2) is 4.98 Å². The van der Waals surface area contributed by atoms with Crippen molar-refractivity contribution in [2.24, 2.45) is 5.92 Å². The van der Waals surface area contributed by atoms with Crippen molar-refractivity contribution >= 4 is 39.1 Å². The highest BCUT2D eigenvalue weighted by Gasteiger charge is 2.31. The quantitative estimate of drug-likeness (QED) is 0.321. The molecule has 0 radical (unpaired) electrons. The van der Waals surface area contributed by atoms with E-state index in [-0.39, 0.29) is 0 Å². The smallest absolute Gasteiger partial charge is 0.130 e. The van der Waals surface area contributed by atoms with Gasteiger partial charge in [0, 0.05) is 59.9 Å². The summed E-state index contributed by atoms with van der Waals surface area (Å²) in [5, 5.41) is 10.4. The SMILES string of the molecule is CC(C)c1ccc(N2CC(C[S+](C)[O-])C2)c2cnc(Nc3ccnc(-c4cnn(C5CC5)c4)c3)cc12. The topological polar surface area (TPSA) is 81.9 Å². The van der Waals surface area contributed by atoms with E-state index in [1.165, 1.54) is 34.9 Å². The summed E-state index contributed by atoms with van der Waals surface area (Å²) in [7, 11) is 0. The van der Waals surface area contributed by atoms with Crippen molar-refractivity contribution < 1.29 is 4.55 Å². The van der Waals surface area contributed by atoms with Gasteiger partial charge in [-0.15, -0.1) is 0 Å². The highest BCUT2D eigenvalue weighted by atomic mass is 32.2. The molecule has 186 valence electrons. The predicted molar refractivity (Wildman–Crippen MR) is 147 cm³/mol. The van der Waals surface area contributed by atoms with E-state index in [2.05, 4.69) is 69.3 Å². The van der Waals surface area contributed by atoms with E-state index in [9.17, 15) is 4.55 Å². The molecule has 1 aliphatic carbocycles. The molecule has 0 bridgehead atoms. The van der Waals surface area contributed by atoms with Crippen LogP contribution in [-0.2, 0) is 11.2 Å². The molecule has 2 fully saturated rings. The number of benzene rings is 1. The molecule has 4 heterocycles. The van der Waals surface area contributed by atoms with Gasteiger partial charge in [-0.2, -0.15) is 5.10 Å². The van der Waals surface area contributed by atoms with Gasteiger partial charge in [0.2, 0.25) is 0 Å². The number of hydrogen-bond acceptors (Lipinski definition) is 6. The molecule has 1 atom stereocenters. The molecular formula is C28H32N6OS. The minimum Gasteiger partial charge on any atom is -0.617 e.